The third kappa shape index (κ3) is 3.83. The highest BCUT2D eigenvalue weighted by Gasteiger charge is 2.28. The van der Waals surface area contributed by atoms with Crippen molar-refractivity contribution in [3.05, 3.63) is 33.8 Å². The summed E-state index contributed by atoms with van der Waals surface area (Å²) in [4.78, 5) is 2.35. The van der Waals surface area contributed by atoms with Crippen molar-refractivity contribution in [3.8, 4) is 0 Å². The third-order valence-electron chi connectivity index (χ3n) is 3.38. The Morgan fingerprint density at radius 2 is 1.74 bits per heavy atom. The molecule has 3 atom stereocenters. The van der Waals surface area contributed by atoms with Gasteiger partial charge in [0.15, 0.2) is 0 Å². The Morgan fingerprint density at radius 3 is 2.21 bits per heavy atom. The van der Waals surface area contributed by atoms with Gasteiger partial charge in [-0.2, -0.15) is 0 Å². The number of halogens is 2. The highest BCUT2D eigenvalue weighted by molar-refractivity contribution is 6.34. The van der Waals surface area contributed by atoms with Gasteiger partial charge in [-0.3, -0.25) is 4.90 Å². The summed E-state index contributed by atoms with van der Waals surface area (Å²) < 4.78 is 5.76. The van der Waals surface area contributed by atoms with E-state index < -0.39 is 0 Å². The van der Waals surface area contributed by atoms with Gasteiger partial charge in [-0.05, 0) is 37.6 Å². The Morgan fingerprint density at radius 1 is 1.21 bits per heavy atom. The normalized spacial score (nSPS) is 26.4. The molecule has 0 unspecified atom stereocenters. The maximum Gasteiger partial charge on any atom is 0.0678 e. The molecule has 19 heavy (non-hydrogen) atoms. The van der Waals surface area contributed by atoms with Crippen LogP contribution in [0.3, 0.4) is 0 Å². The van der Waals surface area contributed by atoms with Crippen LogP contribution in [0.4, 0.5) is 0 Å². The molecule has 1 aromatic rings. The Balaban J connectivity index is 2.23. The largest absolute Gasteiger partial charge is 0.373 e. The molecule has 0 spiro atoms. The Bertz CT molecular complexity index is 411. The van der Waals surface area contributed by atoms with Crippen LogP contribution in [0.5, 0.6) is 0 Å². The van der Waals surface area contributed by atoms with Gasteiger partial charge in [0.05, 0.1) is 12.2 Å². The molecule has 2 rings (SSSR count). The van der Waals surface area contributed by atoms with Crippen molar-refractivity contribution in [2.24, 2.45) is 5.73 Å². The highest BCUT2D eigenvalue weighted by atomic mass is 35.5. The standard InChI is InChI=1S/C14H20Cl2N2O/c1-9-7-18(8-10(2)19-9)14(6-17)11-3-12(15)5-13(16)4-11/h3-5,9-10,14H,6-8,17H2,1-2H3/t9-,10-,14+/m1/s1. The lowest BCUT2D eigenvalue weighted by atomic mass is 10.0. The Labute approximate surface area is 124 Å². The van der Waals surface area contributed by atoms with Crippen molar-refractivity contribution < 1.29 is 4.74 Å². The Kier molecular flexibility index (Phi) is 5.09. The number of benzene rings is 1. The number of hydrogen-bond donors (Lipinski definition) is 1. The molecule has 0 radical (unpaired) electrons. The first-order valence-corrected chi connectivity index (χ1v) is 7.30. The highest BCUT2D eigenvalue weighted by Crippen LogP contribution is 2.28. The van der Waals surface area contributed by atoms with Crippen molar-refractivity contribution in [3.63, 3.8) is 0 Å². The Hall–Kier alpha value is -0.320. The number of nitrogens with two attached hydrogens (primary N) is 1. The van der Waals surface area contributed by atoms with Crippen LogP contribution >= 0.6 is 23.2 Å². The van der Waals surface area contributed by atoms with E-state index in [1.54, 1.807) is 6.07 Å². The van der Waals surface area contributed by atoms with E-state index in [1.165, 1.54) is 0 Å². The molecule has 1 fully saturated rings. The quantitative estimate of drug-likeness (QED) is 0.932. The maximum absolute atomic E-state index is 6.08. The van der Waals surface area contributed by atoms with Gasteiger partial charge in [0.25, 0.3) is 0 Å². The summed E-state index contributed by atoms with van der Waals surface area (Å²) in [5.41, 5.74) is 7.03. The van der Waals surface area contributed by atoms with Gasteiger partial charge in [-0.25, -0.2) is 0 Å². The fourth-order valence-electron chi connectivity index (χ4n) is 2.74. The van der Waals surface area contributed by atoms with Crippen LogP contribution in [0.1, 0.15) is 25.5 Å². The van der Waals surface area contributed by atoms with E-state index in [9.17, 15) is 0 Å². The van der Waals surface area contributed by atoms with Gasteiger partial charge in [0, 0.05) is 35.7 Å². The molecule has 1 aliphatic heterocycles. The van der Waals surface area contributed by atoms with Crippen LogP contribution in [0.15, 0.2) is 18.2 Å². The third-order valence-corrected chi connectivity index (χ3v) is 3.82. The van der Waals surface area contributed by atoms with Gasteiger partial charge in [-0.15, -0.1) is 0 Å². The minimum absolute atomic E-state index is 0.130. The summed E-state index contributed by atoms with van der Waals surface area (Å²) in [7, 11) is 0. The van der Waals surface area contributed by atoms with E-state index in [0.29, 0.717) is 16.6 Å². The van der Waals surface area contributed by atoms with E-state index in [1.807, 2.05) is 12.1 Å². The topological polar surface area (TPSA) is 38.5 Å². The first-order chi connectivity index (χ1) is 8.99. The summed E-state index contributed by atoms with van der Waals surface area (Å²) in [6.45, 7) is 6.45. The monoisotopic (exact) mass is 302 g/mol. The summed E-state index contributed by atoms with van der Waals surface area (Å²) in [6.07, 6.45) is 0.430. The summed E-state index contributed by atoms with van der Waals surface area (Å²) in [5, 5.41) is 1.30. The number of morpholine rings is 1. The summed E-state index contributed by atoms with van der Waals surface area (Å²) in [6, 6.07) is 5.75. The molecule has 5 heteroatoms. The molecule has 1 aliphatic rings. The van der Waals surface area contributed by atoms with Crippen molar-refractivity contribution in [2.75, 3.05) is 19.6 Å². The summed E-state index contributed by atoms with van der Waals surface area (Å²) >= 11 is 12.2. The predicted molar refractivity (Wildman–Crippen MR) is 79.8 cm³/mol. The second kappa shape index (κ2) is 6.42. The van der Waals surface area contributed by atoms with Gasteiger partial charge >= 0.3 is 0 Å². The molecule has 1 heterocycles. The predicted octanol–water partition coefficient (Wildman–Crippen LogP) is 3.10. The molecule has 3 nitrogen and oxygen atoms in total. The molecule has 0 aromatic heterocycles. The minimum Gasteiger partial charge on any atom is -0.373 e. The van der Waals surface area contributed by atoms with Gasteiger partial charge in [0.1, 0.15) is 0 Å². The fourth-order valence-corrected chi connectivity index (χ4v) is 3.28. The molecule has 106 valence electrons. The number of hydrogen-bond acceptors (Lipinski definition) is 3. The molecular formula is C14H20Cl2N2O. The van der Waals surface area contributed by atoms with Crippen molar-refractivity contribution in [1.29, 1.82) is 0 Å². The second-order valence-electron chi connectivity index (χ2n) is 5.17. The molecule has 0 aliphatic carbocycles. The van der Waals surface area contributed by atoms with Gasteiger partial charge in [-0.1, -0.05) is 23.2 Å². The average molecular weight is 303 g/mol. The molecule has 0 saturated carbocycles. The van der Waals surface area contributed by atoms with Gasteiger partial charge in [0.2, 0.25) is 0 Å². The molecular weight excluding hydrogens is 283 g/mol. The van der Waals surface area contributed by atoms with Crippen molar-refractivity contribution >= 4 is 23.2 Å². The zero-order chi connectivity index (χ0) is 14.0. The zero-order valence-corrected chi connectivity index (χ0v) is 12.8. The lowest BCUT2D eigenvalue weighted by Crippen LogP contribution is -2.48. The average Bonchev–Trinajstić information content (AvgIpc) is 2.27. The molecule has 1 saturated heterocycles. The van der Waals surface area contributed by atoms with Crippen LogP contribution in [0.2, 0.25) is 10.0 Å². The molecule has 1 aromatic carbocycles. The zero-order valence-electron chi connectivity index (χ0n) is 11.3. The van der Waals surface area contributed by atoms with Crippen LogP contribution in [-0.2, 0) is 4.74 Å². The smallest absolute Gasteiger partial charge is 0.0678 e. The number of ether oxygens (including phenoxy) is 1. The van der Waals surface area contributed by atoms with Crippen molar-refractivity contribution in [2.45, 2.75) is 32.1 Å². The summed E-state index contributed by atoms with van der Waals surface area (Å²) in [5.74, 6) is 0. The second-order valence-corrected chi connectivity index (χ2v) is 6.04. The molecule has 0 amide bonds. The van der Waals surface area contributed by atoms with Crippen LogP contribution in [0.25, 0.3) is 0 Å². The lowest BCUT2D eigenvalue weighted by molar-refractivity contribution is -0.0799. The van der Waals surface area contributed by atoms with E-state index in [2.05, 4.69) is 18.7 Å². The number of rotatable bonds is 3. The number of nitrogens with zero attached hydrogens (tertiary/aromatic N) is 1. The van der Waals surface area contributed by atoms with E-state index in [-0.39, 0.29) is 18.2 Å². The van der Waals surface area contributed by atoms with E-state index in [4.69, 9.17) is 33.7 Å². The lowest BCUT2D eigenvalue weighted by Gasteiger charge is -2.40. The molecule has 2 N–H and O–H groups in total. The fraction of sp³-hybridized carbons (Fsp3) is 0.571. The van der Waals surface area contributed by atoms with E-state index in [0.717, 1.165) is 18.7 Å². The van der Waals surface area contributed by atoms with Crippen molar-refractivity contribution in [1.82, 2.24) is 4.90 Å². The van der Waals surface area contributed by atoms with Gasteiger partial charge < -0.3 is 10.5 Å². The molecule has 0 bridgehead atoms. The van der Waals surface area contributed by atoms with Crippen LogP contribution in [-0.4, -0.2) is 36.7 Å². The SMILES string of the molecule is C[C@@H]1CN([C@@H](CN)c2cc(Cl)cc(Cl)c2)C[C@@H](C)O1. The first kappa shape index (κ1) is 15.1. The van der Waals surface area contributed by atoms with Crippen LogP contribution in [0, 0.1) is 0 Å². The minimum atomic E-state index is 0.130. The van der Waals surface area contributed by atoms with Crippen LogP contribution < -0.4 is 5.73 Å². The van der Waals surface area contributed by atoms with E-state index >= 15 is 0 Å². The first-order valence-electron chi connectivity index (χ1n) is 6.55. The maximum atomic E-state index is 6.08.